The van der Waals surface area contributed by atoms with Gasteiger partial charge in [-0.3, -0.25) is 4.98 Å². The normalized spacial score (nSPS) is 10.1. The van der Waals surface area contributed by atoms with Gasteiger partial charge in [0.25, 0.3) is 0 Å². The van der Waals surface area contributed by atoms with Gasteiger partial charge in [-0.25, -0.2) is 4.98 Å². The summed E-state index contributed by atoms with van der Waals surface area (Å²) in [6.07, 6.45) is 3.65. The molecule has 2 heterocycles. The van der Waals surface area contributed by atoms with Crippen LogP contribution in [0.1, 0.15) is 22.8 Å². The summed E-state index contributed by atoms with van der Waals surface area (Å²) in [5.41, 5.74) is 3.05. The molecule has 0 radical (unpaired) electrons. The van der Waals surface area contributed by atoms with Crippen LogP contribution in [0.5, 0.6) is 0 Å². The molecule has 0 spiro atoms. The van der Waals surface area contributed by atoms with Gasteiger partial charge in [0.2, 0.25) is 0 Å². The Kier molecular flexibility index (Phi) is 3.28. The van der Waals surface area contributed by atoms with Crippen LogP contribution in [0.4, 0.5) is 5.69 Å². The molecule has 0 saturated heterocycles. The first kappa shape index (κ1) is 12.1. The van der Waals surface area contributed by atoms with Crippen molar-refractivity contribution in [1.29, 1.82) is 5.26 Å². The number of aryl methyl sites for hydroxylation is 3. The summed E-state index contributed by atoms with van der Waals surface area (Å²) in [5.74, 6) is 0.922. The van der Waals surface area contributed by atoms with Gasteiger partial charge in [-0.2, -0.15) is 5.26 Å². The first-order valence-corrected chi connectivity index (χ1v) is 5.70. The Balaban J connectivity index is 2.24. The lowest BCUT2D eigenvalue weighted by Gasteiger charge is -2.10. The van der Waals surface area contributed by atoms with Gasteiger partial charge in [0.15, 0.2) is 0 Å². The lowest BCUT2D eigenvalue weighted by Crippen LogP contribution is -2.08. The van der Waals surface area contributed by atoms with Crippen LogP contribution in [0, 0.1) is 25.2 Å². The maximum absolute atomic E-state index is 9.15. The summed E-state index contributed by atoms with van der Waals surface area (Å²) in [5, 5.41) is 12.4. The topological polar surface area (TPSA) is 66.5 Å². The van der Waals surface area contributed by atoms with Crippen molar-refractivity contribution in [3.05, 3.63) is 41.2 Å². The molecule has 0 amide bonds. The van der Waals surface area contributed by atoms with Crippen LogP contribution in [0.2, 0.25) is 0 Å². The van der Waals surface area contributed by atoms with Gasteiger partial charge in [0.1, 0.15) is 11.9 Å². The lowest BCUT2D eigenvalue weighted by atomic mass is 10.1. The van der Waals surface area contributed by atoms with Crippen molar-refractivity contribution in [3.8, 4) is 6.07 Å². The number of rotatable bonds is 3. The minimum atomic E-state index is 0.584. The number of aromatic nitrogens is 3. The van der Waals surface area contributed by atoms with Crippen molar-refractivity contribution >= 4 is 5.69 Å². The van der Waals surface area contributed by atoms with E-state index in [2.05, 4.69) is 21.4 Å². The maximum atomic E-state index is 9.15. The average Bonchev–Trinajstić information content (AvgIpc) is 2.71. The largest absolute Gasteiger partial charge is 0.377 e. The Morgan fingerprint density at radius 2 is 2.22 bits per heavy atom. The summed E-state index contributed by atoms with van der Waals surface area (Å²) in [6, 6.07) is 4.07. The number of nitrogens with one attached hydrogen (secondary N) is 1. The Hall–Kier alpha value is -2.35. The summed E-state index contributed by atoms with van der Waals surface area (Å²) < 4.78 is 1.94. The molecule has 0 aliphatic carbocycles. The third-order valence-electron chi connectivity index (χ3n) is 2.80. The van der Waals surface area contributed by atoms with Crippen LogP contribution in [0.25, 0.3) is 0 Å². The predicted molar refractivity (Wildman–Crippen MR) is 69.0 cm³/mol. The van der Waals surface area contributed by atoms with Crippen molar-refractivity contribution < 1.29 is 0 Å². The number of nitriles is 1. The standard InChI is InChI=1S/C13H15N5/c1-9-6-12(11(7-14)10(2)17-9)16-8-13-15-4-5-18(13)3/h4-6H,8H2,1-3H3,(H,16,17). The van der Waals surface area contributed by atoms with E-state index in [-0.39, 0.29) is 0 Å². The summed E-state index contributed by atoms with van der Waals surface area (Å²) >= 11 is 0. The average molecular weight is 241 g/mol. The molecule has 0 aromatic carbocycles. The van der Waals surface area contributed by atoms with Crippen molar-refractivity contribution in [1.82, 2.24) is 14.5 Å². The zero-order valence-corrected chi connectivity index (χ0v) is 10.7. The van der Waals surface area contributed by atoms with Gasteiger partial charge in [0.05, 0.1) is 23.5 Å². The number of pyridine rings is 1. The Bertz CT molecular complexity index is 606. The molecule has 2 rings (SSSR count). The summed E-state index contributed by atoms with van der Waals surface area (Å²) in [4.78, 5) is 8.52. The smallest absolute Gasteiger partial charge is 0.127 e. The monoisotopic (exact) mass is 241 g/mol. The Morgan fingerprint density at radius 1 is 1.44 bits per heavy atom. The van der Waals surface area contributed by atoms with E-state index in [0.29, 0.717) is 12.1 Å². The van der Waals surface area contributed by atoms with E-state index in [0.717, 1.165) is 22.9 Å². The quantitative estimate of drug-likeness (QED) is 0.891. The van der Waals surface area contributed by atoms with E-state index in [9.17, 15) is 0 Å². The second-order valence-corrected chi connectivity index (χ2v) is 4.19. The number of imidazole rings is 1. The van der Waals surface area contributed by atoms with Crippen molar-refractivity contribution in [2.24, 2.45) is 7.05 Å². The van der Waals surface area contributed by atoms with Crippen LogP contribution in [0.3, 0.4) is 0 Å². The highest BCUT2D eigenvalue weighted by Gasteiger charge is 2.08. The maximum Gasteiger partial charge on any atom is 0.127 e. The van der Waals surface area contributed by atoms with Gasteiger partial charge in [-0.1, -0.05) is 0 Å². The molecule has 92 valence electrons. The molecule has 0 aliphatic heterocycles. The van der Waals surface area contributed by atoms with E-state index in [1.807, 2.05) is 37.7 Å². The fraction of sp³-hybridized carbons (Fsp3) is 0.308. The molecule has 5 heteroatoms. The van der Waals surface area contributed by atoms with E-state index < -0.39 is 0 Å². The number of hydrogen-bond acceptors (Lipinski definition) is 4. The van der Waals surface area contributed by atoms with Crippen LogP contribution < -0.4 is 5.32 Å². The van der Waals surface area contributed by atoms with E-state index in [1.54, 1.807) is 6.20 Å². The zero-order valence-electron chi connectivity index (χ0n) is 10.7. The van der Waals surface area contributed by atoms with Crippen LogP contribution >= 0.6 is 0 Å². The molecule has 1 N–H and O–H groups in total. The van der Waals surface area contributed by atoms with Gasteiger partial charge in [-0.15, -0.1) is 0 Å². The molecule has 5 nitrogen and oxygen atoms in total. The highest BCUT2D eigenvalue weighted by Crippen LogP contribution is 2.19. The molecule has 0 unspecified atom stereocenters. The van der Waals surface area contributed by atoms with Gasteiger partial charge in [0, 0.05) is 25.1 Å². The molecular weight excluding hydrogens is 226 g/mol. The third-order valence-corrected chi connectivity index (χ3v) is 2.80. The molecule has 2 aromatic heterocycles. The van der Waals surface area contributed by atoms with E-state index >= 15 is 0 Å². The van der Waals surface area contributed by atoms with Crippen molar-refractivity contribution in [2.45, 2.75) is 20.4 Å². The number of anilines is 1. The zero-order chi connectivity index (χ0) is 13.1. The molecule has 18 heavy (non-hydrogen) atoms. The first-order valence-electron chi connectivity index (χ1n) is 5.70. The Morgan fingerprint density at radius 3 is 2.83 bits per heavy atom. The van der Waals surface area contributed by atoms with Gasteiger partial charge >= 0.3 is 0 Å². The van der Waals surface area contributed by atoms with Gasteiger partial charge < -0.3 is 9.88 Å². The minimum Gasteiger partial charge on any atom is -0.377 e. The summed E-state index contributed by atoms with van der Waals surface area (Å²) in [6.45, 7) is 4.35. The fourth-order valence-electron chi connectivity index (χ4n) is 1.85. The van der Waals surface area contributed by atoms with Crippen molar-refractivity contribution in [3.63, 3.8) is 0 Å². The first-order chi connectivity index (χ1) is 8.61. The van der Waals surface area contributed by atoms with Gasteiger partial charge in [-0.05, 0) is 19.9 Å². The number of hydrogen-bond donors (Lipinski definition) is 1. The van der Waals surface area contributed by atoms with E-state index in [1.165, 1.54) is 0 Å². The molecule has 0 aliphatic rings. The molecule has 0 saturated carbocycles. The van der Waals surface area contributed by atoms with Crippen LogP contribution in [-0.4, -0.2) is 14.5 Å². The molecule has 2 aromatic rings. The molecule has 0 bridgehead atoms. The highest BCUT2D eigenvalue weighted by atomic mass is 15.1. The molecular formula is C13H15N5. The Labute approximate surface area is 106 Å². The van der Waals surface area contributed by atoms with Crippen LogP contribution in [-0.2, 0) is 13.6 Å². The second-order valence-electron chi connectivity index (χ2n) is 4.19. The highest BCUT2D eigenvalue weighted by molar-refractivity contribution is 5.59. The summed E-state index contributed by atoms with van der Waals surface area (Å²) in [7, 11) is 1.94. The van der Waals surface area contributed by atoms with E-state index in [4.69, 9.17) is 5.26 Å². The lowest BCUT2D eigenvalue weighted by molar-refractivity contribution is 0.812. The fourth-order valence-corrected chi connectivity index (χ4v) is 1.85. The van der Waals surface area contributed by atoms with Crippen molar-refractivity contribution in [2.75, 3.05) is 5.32 Å². The molecule has 0 fully saturated rings. The third kappa shape index (κ3) is 2.33. The second kappa shape index (κ2) is 4.88. The predicted octanol–water partition coefficient (Wildman–Crippen LogP) is 1.92. The SMILES string of the molecule is Cc1cc(NCc2nccn2C)c(C#N)c(C)n1. The molecule has 0 atom stereocenters. The minimum absolute atomic E-state index is 0.584. The van der Waals surface area contributed by atoms with Crippen LogP contribution in [0.15, 0.2) is 18.5 Å². The number of nitrogens with zero attached hydrogens (tertiary/aromatic N) is 4.